The summed E-state index contributed by atoms with van der Waals surface area (Å²) in [5.74, 6) is 0.581. The molecule has 0 radical (unpaired) electrons. The predicted molar refractivity (Wildman–Crippen MR) is 172 cm³/mol. The number of aryl methyl sites for hydroxylation is 1. The van der Waals surface area contributed by atoms with Crippen molar-refractivity contribution in [1.82, 2.24) is 0 Å². The van der Waals surface area contributed by atoms with Crippen LogP contribution in [-0.4, -0.2) is 0 Å². The number of hydrogen-bond acceptors (Lipinski definition) is 0. The van der Waals surface area contributed by atoms with Gasteiger partial charge in [-0.15, -0.1) is 11.6 Å². The Kier molecular flexibility index (Phi) is 20.0. The highest BCUT2D eigenvalue weighted by Gasteiger charge is 2.01. The molecule has 2 heterocycles. The molecule has 2 aromatic heterocycles. The van der Waals surface area contributed by atoms with Crippen LogP contribution in [0.3, 0.4) is 0 Å². The van der Waals surface area contributed by atoms with Crippen molar-refractivity contribution in [1.29, 1.82) is 0 Å². The van der Waals surface area contributed by atoms with Crippen LogP contribution in [-0.2, 0) is 19.0 Å². The van der Waals surface area contributed by atoms with E-state index in [-0.39, 0.29) is 32.2 Å². The van der Waals surface area contributed by atoms with Crippen molar-refractivity contribution in [2.45, 2.75) is 33.3 Å². The predicted octanol–water partition coefficient (Wildman–Crippen LogP) is 2.71. The second-order valence-electron chi connectivity index (χ2n) is 9.11. The minimum atomic E-state index is 0. The molecule has 0 amide bonds. The number of pyridine rings is 2. The second-order valence-corrected chi connectivity index (χ2v) is 9.37. The number of hydrogen-bond donors (Lipinski definition) is 0. The summed E-state index contributed by atoms with van der Waals surface area (Å²) in [5.41, 5.74) is 7.40. The van der Waals surface area contributed by atoms with Gasteiger partial charge in [0.1, 0.15) is 0 Å². The number of rotatable bonds is 7. The highest BCUT2D eigenvalue weighted by Crippen LogP contribution is 2.07. The van der Waals surface area contributed by atoms with Crippen molar-refractivity contribution >= 4 is 23.8 Å². The Balaban J connectivity index is 0.000000591. The fourth-order valence-electron chi connectivity index (χ4n) is 3.70. The molecule has 0 fully saturated rings. The van der Waals surface area contributed by atoms with E-state index < -0.39 is 0 Å². The zero-order valence-electron chi connectivity index (χ0n) is 23.4. The van der Waals surface area contributed by atoms with Gasteiger partial charge in [0.05, 0.1) is 0 Å². The van der Waals surface area contributed by atoms with Crippen LogP contribution in [0.5, 0.6) is 0 Å². The standard InChI is InChI=1S/C14H14N.C13H14N.C9H9Cl.CH4.2ClH/c1-2-13-6-8-14(9-7-13)12-15-10-4-3-5-11-15;1-12-5-7-13(8-6-12)11-14-9-3-2-4-10-14;1-2-8-3-5-9(7-10)6-4-8;;;/h2-11H,1,12H2;2-10H,11H2,1H3;2-6H,1,7H2;1H4;2*1H/q2*+1;;;;/p-2. The van der Waals surface area contributed by atoms with Crippen molar-refractivity contribution in [2.24, 2.45) is 0 Å². The largest absolute Gasteiger partial charge is 1.00 e. The van der Waals surface area contributed by atoms with Gasteiger partial charge in [0, 0.05) is 41.3 Å². The van der Waals surface area contributed by atoms with Crippen LogP contribution in [0, 0.1) is 6.92 Å². The van der Waals surface area contributed by atoms with Gasteiger partial charge in [0.2, 0.25) is 0 Å². The van der Waals surface area contributed by atoms with Crippen LogP contribution in [0.4, 0.5) is 0 Å². The molecule has 0 N–H and O–H groups in total. The first-order chi connectivity index (χ1) is 19.1. The molecular weight excluding hydrogens is 579 g/mol. The first-order valence-corrected chi connectivity index (χ1v) is 13.6. The Morgan fingerprint density at radius 3 is 1.21 bits per heavy atom. The summed E-state index contributed by atoms with van der Waals surface area (Å²) in [6, 6.07) is 37.4. The van der Waals surface area contributed by atoms with Crippen molar-refractivity contribution in [3.63, 3.8) is 0 Å². The van der Waals surface area contributed by atoms with Crippen LogP contribution in [0.1, 0.15) is 40.8 Å². The zero-order valence-corrected chi connectivity index (χ0v) is 25.7. The molecule has 5 heteroatoms. The van der Waals surface area contributed by atoms with Gasteiger partial charge >= 0.3 is 0 Å². The third kappa shape index (κ3) is 14.3. The van der Waals surface area contributed by atoms with Crippen LogP contribution in [0.25, 0.3) is 12.2 Å². The molecule has 0 saturated heterocycles. The van der Waals surface area contributed by atoms with Crippen LogP contribution < -0.4 is 33.9 Å². The highest BCUT2D eigenvalue weighted by molar-refractivity contribution is 6.17. The van der Waals surface area contributed by atoms with Gasteiger partial charge in [-0.05, 0) is 23.6 Å². The summed E-state index contributed by atoms with van der Waals surface area (Å²) < 4.78 is 4.33. The molecule has 0 spiro atoms. The quantitative estimate of drug-likeness (QED) is 0.196. The van der Waals surface area contributed by atoms with E-state index in [9.17, 15) is 0 Å². The third-order valence-corrected chi connectivity index (χ3v) is 6.30. The van der Waals surface area contributed by atoms with E-state index in [0.717, 1.165) is 29.8 Å². The van der Waals surface area contributed by atoms with E-state index in [1.54, 1.807) is 0 Å². The van der Waals surface area contributed by atoms with Crippen molar-refractivity contribution in [2.75, 3.05) is 0 Å². The summed E-state index contributed by atoms with van der Waals surface area (Å²) in [4.78, 5) is 0. The highest BCUT2D eigenvalue weighted by atomic mass is 35.5. The van der Waals surface area contributed by atoms with Gasteiger partial charge in [-0.2, -0.15) is 0 Å². The lowest BCUT2D eigenvalue weighted by Crippen LogP contribution is -3.00. The summed E-state index contributed by atoms with van der Waals surface area (Å²) in [5, 5.41) is 0. The summed E-state index contributed by atoms with van der Waals surface area (Å²) in [7, 11) is 0. The van der Waals surface area contributed by atoms with E-state index >= 15 is 0 Å². The van der Waals surface area contributed by atoms with Crippen molar-refractivity contribution < 1.29 is 33.9 Å². The molecule has 0 aliphatic heterocycles. The summed E-state index contributed by atoms with van der Waals surface area (Å²) in [6.07, 6.45) is 12.0. The van der Waals surface area contributed by atoms with E-state index in [1.165, 1.54) is 16.7 Å². The number of benzene rings is 3. The van der Waals surface area contributed by atoms with E-state index in [4.69, 9.17) is 11.6 Å². The molecule has 0 aliphatic carbocycles. The van der Waals surface area contributed by atoms with Gasteiger partial charge in [0.15, 0.2) is 37.9 Å². The Morgan fingerprint density at radius 1 is 0.548 bits per heavy atom. The molecule has 0 aliphatic rings. The molecule has 0 saturated carbocycles. The van der Waals surface area contributed by atoms with Gasteiger partial charge < -0.3 is 24.8 Å². The average molecular weight is 620 g/mol. The Hall–Kier alpha value is -3.69. The lowest BCUT2D eigenvalue weighted by Gasteiger charge is -1.98. The normalized spacial score (nSPS) is 9.10. The molecule has 3 aromatic carbocycles. The fraction of sp³-hybridized carbons (Fsp3) is 0.135. The molecule has 0 unspecified atom stereocenters. The topological polar surface area (TPSA) is 7.76 Å². The van der Waals surface area contributed by atoms with Crippen LogP contribution in [0.2, 0.25) is 0 Å². The van der Waals surface area contributed by atoms with Crippen LogP contribution in [0.15, 0.2) is 147 Å². The monoisotopic (exact) mass is 618 g/mol. The summed E-state index contributed by atoms with van der Waals surface area (Å²) in [6.45, 7) is 11.4. The first kappa shape index (κ1) is 38.3. The number of nitrogens with zero attached hydrogens (tertiary/aromatic N) is 2. The second kappa shape index (κ2) is 22.0. The Bertz CT molecular complexity index is 1390. The minimum absolute atomic E-state index is 0. The zero-order chi connectivity index (χ0) is 27.7. The molecule has 42 heavy (non-hydrogen) atoms. The van der Waals surface area contributed by atoms with E-state index in [2.05, 4.69) is 103 Å². The average Bonchev–Trinajstić information content (AvgIpc) is 3.00. The summed E-state index contributed by atoms with van der Waals surface area (Å²) >= 11 is 5.60. The molecular formula is C37H41Cl3N2. The first-order valence-electron chi connectivity index (χ1n) is 13.0. The molecule has 0 bridgehead atoms. The molecule has 5 rings (SSSR count). The van der Waals surface area contributed by atoms with E-state index in [1.807, 2.05) is 72.8 Å². The number of alkyl halides is 1. The molecule has 5 aromatic rings. The third-order valence-electron chi connectivity index (χ3n) is 5.99. The molecule has 0 atom stereocenters. The maximum atomic E-state index is 5.60. The maximum Gasteiger partial charge on any atom is 0.173 e. The molecule has 2 nitrogen and oxygen atoms in total. The van der Waals surface area contributed by atoms with Crippen molar-refractivity contribution in [3.05, 3.63) is 181 Å². The van der Waals surface area contributed by atoms with Gasteiger partial charge in [-0.1, -0.05) is 123 Å². The lowest BCUT2D eigenvalue weighted by molar-refractivity contribution is -0.688. The van der Waals surface area contributed by atoms with Gasteiger partial charge in [-0.25, -0.2) is 9.13 Å². The molecule has 220 valence electrons. The van der Waals surface area contributed by atoms with Gasteiger partial charge in [-0.3, -0.25) is 0 Å². The van der Waals surface area contributed by atoms with Crippen LogP contribution >= 0.6 is 11.6 Å². The van der Waals surface area contributed by atoms with E-state index in [0.29, 0.717) is 5.88 Å². The Labute approximate surface area is 270 Å². The SMILES string of the molecule is C.C=Cc1ccc(CCl)cc1.C=Cc1ccc(C[n+]2ccccc2)cc1.Cc1ccc(C[n+]2ccccc2)cc1.[Cl-].[Cl-]. The van der Waals surface area contributed by atoms with Gasteiger partial charge in [0.25, 0.3) is 0 Å². The number of aromatic nitrogens is 2. The maximum absolute atomic E-state index is 5.60. The van der Waals surface area contributed by atoms with Crippen molar-refractivity contribution in [3.8, 4) is 0 Å². The number of halogens is 3. The fourth-order valence-corrected chi connectivity index (χ4v) is 3.87. The lowest BCUT2D eigenvalue weighted by atomic mass is 10.1. The Morgan fingerprint density at radius 2 is 0.881 bits per heavy atom. The smallest absolute Gasteiger partial charge is 0.173 e. The minimum Gasteiger partial charge on any atom is -1.00 e.